The Balaban J connectivity index is 2.24. The van der Waals surface area contributed by atoms with Gasteiger partial charge in [0, 0.05) is 31.1 Å². The molecule has 0 bridgehead atoms. The molecule has 1 aliphatic heterocycles. The average Bonchev–Trinajstić information content (AvgIpc) is 2.06. The minimum Gasteiger partial charge on any atom is -0.479 e. The number of β-amino-alcohol motifs (C(OH)–C–C–N with tert-alkyl or cyclic N) is 1. The molecular weight excluding hydrogens is 178 g/mol. The predicted octanol–water partition coefficient (Wildman–Crippen LogP) is -0.519. The molecule has 5 heteroatoms. The first-order valence-electron chi connectivity index (χ1n) is 3.91. The molecule has 0 aromatic heterocycles. The summed E-state index contributed by atoms with van der Waals surface area (Å²) in [6.07, 6.45) is -1.23. The van der Waals surface area contributed by atoms with Gasteiger partial charge in [-0.15, -0.1) is 0 Å². The Bertz CT molecular complexity index is 159. The average molecular weight is 191 g/mol. The predicted molar refractivity (Wildman–Crippen MR) is 47.4 cm³/mol. The molecule has 0 spiro atoms. The molecule has 70 valence electrons. The molecular formula is C7H13NO3S. The zero-order valence-corrected chi connectivity index (χ0v) is 7.59. The number of aliphatic carboxylic acids is 1. The second-order valence-electron chi connectivity index (χ2n) is 2.77. The van der Waals surface area contributed by atoms with Crippen molar-refractivity contribution in [2.24, 2.45) is 0 Å². The largest absolute Gasteiger partial charge is 0.479 e. The van der Waals surface area contributed by atoms with E-state index < -0.39 is 12.1 Å². The molecule has 0 aliphatic carbocycles. The van der Waals surface area contributed by atoms with Crippen LogP contribution in [0.3, 0.4) is 0 Å². The number of hydrogen-bond donors (Lipinski definition) is 2. The summed E-state index contributed by atoms with van der Waals surface area (Å²) in [4.78, 5) is 12.3. The molecule has 1 heterocycles. The van der Waals surface area contributed by atoms with Crippen molar-refractivity contribution in [3.63, 3.8) is 0 Å². The smallest absolute Gasteiger partial charge is 0.333 e. The van der Waals surface area contributed by atoms with Gasteiger partial charge in [-0.25, -0.2) is 4.79 Å². The first-order chi connectivity index (χ1) is 5.70. The summed E-state index contributed by atoms with van der Waals surface area (Å²) in [7, 11) is 0. The van der Waals surface area contributed by atoms with Crippen molar-refractivity contribution in [1.82, 2.24) is 4.90 Å². The topological polar surface area (TPSA) is 60.8 Å². The van der Waals surface area contributed by atoms with Gasteiger partial charge in [0.25, 0.3) is 0 Å². The molecule has 1 atom stereocenters. The van der Waals surface area contributed by atoms with Gasteiger partial charge in [-0.2, -0.15) is 11.8 Å². The molecule has 0 aromatic rings. The molecule has 4 nitrogen and oxygen atoms in total. The zero-order valence-electron chi connectivity index (χ0n) is 6.77. The van der Waals surface area contributed by atoms with E-state index in [0.29, 0.717) is 0 Å². The number of carbonyl (C=O) groups is 1. The lowest BCUT2D eigenvalue weighted by molar-refractivity contribution is -0.147. The molecule has 1 aliphatic rings. The van der Waals surface area contributed by atoms with Crippen molar-refractivity contribution in [3.05, 3.63) is 0 Å². The van der Waals surface area contributed by atoms with Gasteiger partial charge in [0.05, 0.1) is 0 Å². The highest BCUT2D eigenvalue weighted by molar-refractivity contribution is 7.99. The maximum Gasteiger partial charge on any atom is 0.333 e. The molecule has 1 fully saturated rings. The van der Waals surface area contributed by atoms with Crippen LogP contribution in [-0.4, -0.2) is 58.3 Å². The van der Waals surface area contributed by atoms with Crippen LogP contribution in [0.15, 0.2) is 0 Å². The van der Waals surface area contributed by atoms with E-state index in [4.69, 9.17) is 10.2 Å². The molecule has 0 saturated carbocycles. The fourth-order valence-electron chi connectivity index (χ4n) is 1.11. The van der Waals surface area contributed by atoms with Crippen molar-refractivity contribution in [3.8, 4) is 0 Å². The fourth-order valence-corrected chi connectivity index (χ4v) is 2.09. The number of aliphatic hydroxyl groups excluding tert-OH is 1. The highest BCUT2D eigenvalue weighted by atomic mass is 32.2. The van der Waals surface area contributed by atoms with Crippen LogP contribution in [0, 0.1) is 0 Å². The quantitative estimate of drug-likeness (QED) is 0.628. The summed E-state index contributed by atoms with van der Waals surface area (Å²) in [5.74, 6) is 0.937. The summed E-state index contributed by atoms with van der Waals surface area (Å²) in [6, 6.07) is 0. The Labute approximate surface area is 75.6 Å². The Morgan fingerprint density at radius 2 is 2.08 bits per heavy atom. The van der Waals surface area contributed by atoms with Crippen molar-refractivity contribution in [1.29, 1.82) is 0 Å². The van der Waals surface area contributed by atoms with Gasteiger partial charge in [0.2, 0.25) is 0 Å². The maximum absolute atomic E-state index is 10.3. The normalized spacial score (nSPS) is 22.1. The molecule has 1 saturated heterocycles. The Morgan fingerprint density at radius 3 is 2.58 bits per heavy atom. The minimum absolute atomic E-state index is 0.260. The maximum atomic E-state index is 10.3. The summed E-state index contributed by atoms with van der Waals surface area (Å²) in [5.41, 5.74) is 0. The van der Waals surface area contributed by atoms with E-state index in [1.165, 1.54) is 0 Å². The Hall–Kier alpha value is -0.260. The third-order valence-corrected chi connectivity index (χ3v) is 2.76. The second-order valence-corrected chi connectivity index (χ2v) is 3.99. The van der Waals surface area contributed by atoms with Crippen LogP contribution in [0.1, 0.15) is 0 Å². The standard InChI is InChI=1S/C7H13NO3S/c9-6(7(10)11)5-8-1-3-12-4-2-8/h6,9H,1-5H2,(H,10,11). The monoisotopic (exact) mass is 191 g/mol. The van der Waals surface area contributed by atoms with Crippen LogP contribution in [0.2, 0.25) is 0 Å². The molecule has 2 N–H and O–H groups in total. The van der Waals surface area contributed by atoms with Crippen molar-refractivity contribution in [2.75, 3.05) is 31.1 Å². The number of nitrogens with zero attached hydrogens (tertiary/aromatic N) is 1. The van der Waals surface area contributed by atoms with Crippen LogP contribution in [0.25, 0.3) is 0 Å². The van der Waals surface area contributed by atoms with E-state index in [0.717, 1.165) is 24.6 Å². The first-order valence-corrected chi connectivity index (χ1v) is 5.06. The number of rotatable bonds is 3. The summed E-state index contributed by atoms with van der Waals surface area (Å²) >= 11 is 1.86. The number of carboxylic acid groups (broad SMARTS) is 1. The Kier molecular flexibility index (Phi) is 3.84. The molecule has 1 rings (SSSR count). The lowest BCUT2D eigenvalue weighted by Crippen LogP contribution is -2.41. The van der Waals surface area contributed by atoms with Crippen molar-refractivity contribution >= 4 is 17.7 Å². The number of carboxylic acids is 1. The van der Waals surface area contributed by atoms with Gasteiger partial charge in [0.1, 0.15) is 0 Å². The zero-order chi connectivity index (χ0) is 8.97. The van der Waals surface area contributed by atoms with Crippen molar-refractivity contribution < 1.29 is 15.0 Å². The van der Waals surface area contributed by atoms with Crippen LogP contribution in [0.4, 0.5) is 0 Å². The van der Waals surface area contributed by atoms with Gasteiger partial charge in [0.15, 0.2) is 6.10 Å². The van der Waals surface area contributed by atoms with E-state index in [1.807, 2.05) is 16.7 Å². The van der Waals surface area contributed by atoms with Crippen LogP contribution < -0.4 is 0 Å². The summed E-state index contributed by atoms with van der Waals surface area (Å²) in [6.45, 7) is 2.03. The number of thioether (sulfide) groups is 1. The summed E-state index contributed by atoms with van der Waals surface area (Å²) in [5, 5.41) is 17.5. The molecule has 12 heavy (non-hydrogen) atoms. The molecule has 0 aromatic carbocycles. The molecule has 0 radical (unpaired) electrons. The second kappa shape index (κ2) is 4.69. The third-order valence-electron chi connectivity index (χ3n) is 1.82. The Morgan fingerprint density at radius 1 is 1.50 bits per heavy atom. The van der Waals surface area contributed by atoms with Gasteiger partial charge in [-0.3, -0.25) is 4.90 Å². The van der Waals surface area contributed by atoms with E-state index in [1.54, 1.807) is 0 Å². The lowest BCUT2D eigenvalue weighted by atomic mass is 10.3. The SMILES string of the molecule is O=C(O)C(O)CN1CCSCC1. The van der Waals surface area contributed by atoms with E-state index in [-0.39, 0.29) is 6.54 Å². The van der Waals surface area contributed by atoms with Gasteiger partial charge in [-0.1, -0.05) is 0 Å². The lowest BCUT2D eigenvalue weighted by Gasteiger charge is -2.26. The van der Waals surface area contributed by atoms with Crippen LogP contribution >= 0.6 is 11.8 Å². The molecule has 0 amide bonds. The van der Waals surface area contributed by atoms with Crippen LogP contribution in [0.5, 0.6) is 0 Å². The molecule has 1 unspecified atom stereocenters. The van der Waals surface area contributed by atoms with E-state index in [2.05, 4.69) is 0 Å². The van der Waals surface area contributed by atoms with E-state index in [9.17, 15) is 4.79 Å². The fraction of sp³-hybridized carbons (Fsp3) is 0.857. The van der Waals surface area contributed by atoms with Crippen LogP contribution in [-0.2, 0) is 4.79 Å². The highest BCUT2D eigenvalue weighted by Gasteiger charge is 2.19. The van der Waals surface area contributed by atoms with Gasteiger partial charge < -0.3 is 10.2 Å². The number of aliphatic hydroxyl groups is 1. The van der Waals surface area contributed by atoms with E-state index >= 15 is 0 Å². The highest BCUT2D eigenvalue weighted by Crippen LogP contribution is 2.09. The number of hydrogen-bond acceptors (Lipinski definition) is 4. The third kappa shape index (κ3) is 3.00. The minimum atomic E-state index is -1.23. The van der Waals surface area contributed by atoms with Crippen molar-refractivity contribution in [2.45, 2.75) is 6.10 Å². The first kappa shape index (κ1) is 9.83. The summed E-state index contributed by atoms with van der Waals surface area (Å²) < 4.78 is 0. The van der Waals surface area contributed by atoms with Gasteiger partial charge in [-0.05, 0) is 0 Å². The van der Waals surface area contributed by atoms with Gasteiger partial charge >= 0.3 is 5.97 Å².